The van der Waals surface area contributed by atoms with Crippen LogP contribution in [0.15, 0.2) is 18.2 Å². The standard InChI is InChI=1S/C15H19BrN2O3/c1-11-5-2-8-13(14(11)18(20)21)15(19)17(10-4-9-16)12-6-3-7-12/h2,5,8,12H,3-4,6-7,9-10H2,1H3. The predicted octanol–water partition coefficient (Wildman–Crippen LogP) is 3.68. The maximum absolute atomic E-state index is 12.8. The number of nitro benzene ring substituents is 1. The molecule has 114 valence electrons. The highest BCUT2D eigenvalue weighted by molar-refractivity contribution is 9.09. The molecule has 0 spiro atoms. The number of aryl methyl sites for hydroxylation is 1. The van der Waals surface area contributed by atoms with E-state index in [2.05, 4.69) is 15.9 Å². The molecule has 0 bridgehead atoms. The molecule has 1 saturated carbocycles. The van der Waals surface area contributed by atoms with E-state index in [1.165, 1.54) is 0 Å². The number of hydrogen-bond acceptors (Lipinski definition) is 3. The molecule has 0 radical (unpaired) electrons. The van der Waals surface area contributed by atoms with Gasteiger partial charge in [0.05, 0.1) is 4.92 Å². The number of nitro groups is 1. The number of hydrogen-bond donors (Lipinski definition) is 0. The number of rotatable bonds is 6. The van der Waals surface area contributed by atoms with Gasteiger partial charge >= 0.3 is 0 Å². The lowest BCUT2D eigenvalue weighted by Gasteiger charge is -2.37. The molecular weight excluding hydrogens is 336 g/mol. The van der Waals surface area contributed by atoms with Gasteiger partial charge in [-0.05, 0) is 38.7 Å². The minimum Gasteiger partial charge on any atom is -0.335 e. The monoisotopic (exact) mass is 354 g/mol. The van der Waals surface area contributed by atoms with Gasteiger partial charge in [0.1, 0.15) is 5.56 Å². The molecule has 0 saturated heterocycles. The maximum Gasteiger partial charge on any atom is 0.285 e. The Hall–Kier alpha value is -1.43. The second-order valence-electron chi connectivity index (χ2n) is 5.35. The summed E-state index contributed by atoms with van der Waals surface area (Å²) in [6, 6.07) is 5.17. The highest BCUT2D eigenvalue weighted by atomic mass is 79.9. The van der Waals surface area contributed by atoms with Gasteiger partial charge < -0.3 is 4.90 Å². The topological polar surface area (TPSA) is 63.5 Å². The molecule has 0 unspecified atom stereocenters. The molecule has 0 N–H and O–H groups in total. The van der Waals surface area contributed by atoms with Gasteiger partial charge in [0.15, 0.2) is 0 Å². The van der Waals surface area contributed by atoms with E-state index < -0.39 is 4.92 Å². The number of alkyl halides is 1. The van der Waals surface area contributed by atoms with E-state index in [1.807, 2.05) is 4.90 Å². The van der Waals surface area contributed by atoms with Crippen molar-refractivity contribution in [1.82, 2.24) is 4.90 Å². The van der Waals surface area contributed by atoms with Crippen LogP contribution < -0.4 is 0 Å². The van der Waals surface area contributed by atoms with Crippen LogP contribution in [-0.4, -0.2) is 33.6 Å². The zero-order chi connectivity index (χ0) is 15.4. The highest BCUT2D eigenvalue weighted by Crippen LogP contribution is 2.30. The fourth-order valence-electron chi connectivity index (χ4n) is 2.61. The van der Waals surface area contributed by atoms with Gasteiger partial charge in [0.2, 0.25) is 0 Å². The molecule has 0 aliphatic heterocycles. The maximum atomic E-state index is 12.8. The zero-order valence-corrected chi connectivity index (χ0v) is 13.6. The molecule has 0 aromatic heterocycles. The van der Waals surface area contributed by atoms with Crippen molar-refractivity contribution >= 4 is 27.5 Å². The summed E-state index contributed by atoms with van der Waals surface area (Å²) in [6.45, 7) is 2.31. The van der Waals surface area contributed by atoms with E-state index in [0.29, 0.717) is 12.1 Å². The number of para-hydroxylation sites is 1. The molecule has 1 aliphatic rings. The third-order valence-electron chi connectivity index (χ3n) is 3.96. The van der Waals surface area contributed by atoms with Crippen molar-refractivity contribution in [2.45, 2.75) is 38.6 Å². The third-order valence-corrected chi connectivity index (χ3v) is 4.52. The van der Waals surface area contributed by atoms with Crippen LogP contribution in [0.5, 0.6) is 0 Å². The summed E-state index contributed by atoms with van der Waals surface area (Å²) in [6.07, 6.45) is 3.96. The Bertz CT molecular complexity index is 544. The number of benzene rings is 1. The van der Waals surface area contributed by atoms with Gasteiger partial charge in [-0.1, -0.05) is 28.1 Å². The molecule has 21 heavy (non-hydrogen) atoms. The number of carbonyl (C=O) groups excluding carboxylic acids is 1. The molecule has 1 aromatic rings. The lowest BCUT2D eigenvalue weighted by Crippen LogP contribution is -2.45. The van der Waals surface area contributed by atoms with Crippen molar-refractivity contribution in [3.05, 3.63) is 39.4 Å². The first-order valence-corrected chi connectivity index (χ1v) is 8.29. The molecule has 1 fully saturated rings. The average Bonchev–Trinajstić information content (AvgIpc) is 2.39. The van der Waals surface area contributed by atoms with Crippen molar-refractivity contribution < 1.29 is 9.72 Å². The van der Waals surface area contributed by atoms with Crippen molar-refractivity contribution in [3.63, 3.8) is 0 Å². The van der Waals surface area contributed by atoms with Crippen molar-refractivity contribution in [3.8, 4) is 0 Å². The average molecular weight is 355 g/mol. The predicted molar refractivity (Wildman–Crippen MR) is 84.9 cm³/mol. The molecule has 6 heteroatoms. The molecule has 5 nitrogen and oxygen atoms in total. The second kappa shape index (κ2) is 7.02. The van der Waals surface area contributed by atoms with Crippen molar-refractivity contribution in [1.29, 1.82) is 0 Å². The lowest BCUT2D eigenvalue weighted by atomic mass is 9.90. The number of amides is 1. The summed E-state index contributed by atoms with van der Waals surface area (Å²) >= 11 is 3.38. The number of nitrogens with zero attached hydrogens (tertiary/aromatic N) is 2. The summed E-state index contributed by atoms with van der Waals surface area (Å²) < 4.78 is 0. The fraction of sp³-hybridized carbons (Fsp3) is 0.533. The normalized spacial score (nSPS) is 14.6. The minimum absolute atomic E-state index is 0.0642. The molecule has 1 amide bonds. The lowest BCUT2D eigenvalue weighted by molar-refractivity contribution is -0.385. The van der Waals surface area contributed by atoms with E-state index in [0.717, 1.165) is 31.0 Å². The number of halogens is 1. The van der Waals surface area contributed by atoms with Gasteiger partial charge in [-0.15, -0.1) is 0 Å². The van der Waals surface area contributed by atoms with Crippen molar-refractivity contribution in [2.75, 3.05) is 11.9 Å². The SMILES string of the molecule is Cc1cccc(C(=O)N(CCCBr)C2CCC2)c1[N+](=O)[O-]. The van der Waals surface area contributed by atoms with Crippen LogP contribution in [0.25, 0.3) is 0 Å². The van der Waals surface area contributed by atoms with Gasteiger partial charge in [-0.2, -0.15) is 0 Å². The molecule has 2 rings (SSSR count). The van der Waals surface area contributed by atoms with Crippen LogP contribution in [0.3, 0.4) is 0 Å². The molecule has 1 aliphatic carbocycles. The van der Waals surface area contributed by atoms with Gasteiger partial charge in [0, 0.05) is 23.5 Å². The largest absolute Gasteiger partial charge is 0.335 e. The van der Waals surface area contributed by atoms with Crippen LogP contribution in [0.1, 0.15) is 41.6 Å². The van der Waals surface area contributed by atoms with E-state index in [-0.39, 0.29) is 23.2 Å². The Kier molecular flexibility index (Phi) is 5.33. The molecule has 0 heterocycles. The molecular formula is C15H19BrN2O3. The Balaban J connectivity index is 2.32. The molecule has 0 atom stereocenters. The quantitative estimate of drug-likeness (QED) is 0.444. The highest BCUT2D eigenvalue weighted by Gasteiger charge is 2.32. The van der Waals surface area contributed by atoms with E-state index in [4.69, 9.17) is 0 Å². The third kappa shape index (κ3) is 3.43. The van der Waals surface area contributed by atoms with Crippen molar-refractivity contribution in [2.24, 2.45) is 0 Å². The summed E-state index contributed by atoms with van der Waals surface area (Å²) in [7, 11) is 0. The smallest absolute Gasteiger partial charge is 0.285 e. The second-order valence-corrected chi connectivity index (χ2v) is 6.15. The summed E-state index contributed by atoms with van der Waals surface area (Å²) in [5.74, 6) is -0.212. The first-order valence-electron chi connectivity index (χ1n) is 7.17. The van der Waals surface area contributed by atoms with Gasteiger partial charge in [0.25, 0.3) is 11.6 Å². The van der Waals surface area contributed by atoms with Crippen LogP contribution in [0.4, 0.5) is 5.69 Å². The first-order chi connectivity index (χ1) is 10.1. The van der Waals surface area contributed by atoms with Crippen LogP contribution in [0, 0.1) is 17.0 Å². The first kappa shape index (κ1) is 15.9. The Morgan fingerprint density at radius 1 is 1.48 bits per heavy atom. The number of carbonyl (C=O) groups is 1. The molecule has 1 aromatic carbocycles. The minimum atomic E-state index is -0.452. The van der Waals surface area contributed by atoms with Crippen LogP contribution in [-0.2, 0) is 0 Å². The van der Waals surface area contributed by atoms with Crippen LogP contribution >= 0.6 is 15.9 Å². The van der Waals surface area contributed by atoms with Crippen LogP contribution in [0.2, 0.25) is 0 Å². The van der Waals surface area contributed by atoms with Gasteiger partial charge in [-0.25, -0.2) is 0 Å². The Morgan fingerprint density at radius 3 is 2.71 bits per heavy atom. The summed E-state index contributed by atoms with van der Waals surface area (Å²) in [5, 5.41) is 12.1. The fourth-order valence-corrected chi connectivity index (χ4v) is 2.86. The summed E-state index contributed by atoms with van der Waals surface area (Å²) in [4.78, 5) is 25.4. The van der Waals surface area contributed by atoms with E-state index in [1.54, 1.807) is 25.1 Å². The zero-order valence-electron chi connectivity index (χ0n) is 12.0. The van der Waals surface area contributed by atoms with E-state index in [9.17, 15) is 14.9 Å². The van der Waals surface area contributed by atoms with E-state index >= 15 is 0 Å². The van der Waals surface area contributed by atoms with Gasteiger partial charge in [-0.3, -0.25) is 14.9 Å². The Morgan fingerprint density at radius 2 is 2.19 bits per heavy atom. The Labute approximate surface area is 132 Å². The summed E-state index contributed by atoms with van der Waals surface area (Å²) in [5.41, 5.74) is 0.673.